The van der Waals surface area contributed by atoms with Gasteiger partial charge < -0.3 is 18.9 Å². The highest BCUT2D eigenvalue weighted by atomic mass is 32.2. The van der Waals surface area contributed by atoms with E-state index in [9.17, 15) is 19.3 Å². The Kier molecular flexibility index (Phi) is 8.62. The first-order valence-corrected chi connectivity index (χ1v) is 11.4. The molecule has 0 aromatic heterocycles. The number of hydrogen-bond acceptors (Lipinski definition) is 6. The van der Waals surface area contributed by atoms with Gasteiger partial charge in [0.25, 0.3) is 5.91 Å². The minimum atomic E-state index is -1.49. The molecule has 0 spiro atoms. The van der Waals surface area contributed by atoms with Crippen LogP contribution in [0.5, 0.6) is 5.75 Å². The van der Waals surface area contributed by atoms with Gasteiger partial charge in [-0.15, -0.1) is 5.92 Å². The first-order valence-electron chi connectivity index (χ1n) is 10.0. The lowest BCUT2D eigenvalue weighted by Gasteiger charge is -2.39. The molecule has 1 saturated heterocycles. The molecule has 1 aliphatic heterocycles. The molecule has 1 atom stereocenters. The van der Waals surface area contributed by atoms with E-state index in [-0.39, 0.29) is 38.3 Å². The van der Waals surface area contributed by atoms with Crippen LogP contribution < -0.4 is 10.2 Å². The summed E-state index contributed by atoms with van der Waals surface area (Å²) >= 11 is -1.49. The van der Waals surface area contributed by atoms with Crippen molar-refractivity contribution in [2.24, 2.45) is 5.41 Å². The Balaban J connectivity index is 2.05. The van der Waals surface area contributed by atoms with E-state index in [4.69, 9.17) is 9.47 Å². The number of carbonyl (C=O) groups excluding carboxylic acids is 2. The van der Waals surface area contributed by atoms with E-state index in [1.54, 1.807) is 57.4 Å². The molecule has 1 aliphatic rings. The smallest absolute Gasteiger partial charge is 0.410 e. The first-order chi connectivity index (χ1) is 14.6. The number of amides is 2. The summed E-state index contributed by atoms with van der Waals surface area (Å²) in [5, 5.41) is 9.27. The molecule has 1 aromatic carbocycles. The summed E-state index contributed by atoms with van der Waals surface area (Å²) in [7, 11) is 0. The van der Waals surface area contributed by atoms with Gasteiger partial charge in [-0.1, -0.05) is 5.92 Å². The van der Waals surface area contributed by atoms with Crippen molar-refractivity contribution in [2.75, 3.05) is 25.4 Å². The molecule has 9 heteroatoms. The Morgan fingerprint density at radius 2 is 1.87 bits per heavy atom. The number of piperidine rings is 1. The molecule has 8 nitrogen and oxygen atoms in total. The Bertz CT molecular complexity index is 817. The van der Waals surface area contributed by atoms with E-state index in [2.05, 4.69) is 11.8 Å². The molecule has 0 aliphatic carbocycles. The number of benzene rings is 1. The monoisotopic (exact) mass is 450 g/mol. The lowest BCUT2D eigenvalue weighted by molar-refractivity contribution is -0.141. The number of carbonyl (C=O) groups is 2. The van der Waals surface area contributed by atoms with E-state index >= 15 is 0 Å². The molecule has 2 rings (SSSR count). The molecule has 0 radical (unpaired) electrons. The van der Waals surface area contributed by atoms with Crippen molar-refractivity contribution in [3.63, 3.8) is 0 Å². The Labute approximate surface area is 186 Å². The fourth-order valence-electron chi connectivity index (χ4n) is 3.21. The van der Waals surface area contributed by atoms with Crippen molar-refractivity contribution in [2.45, 2.75) is 51.0 Å². The van der Waals surface area contributed by atoms with E-state index in [0.29, 0.717) is 10.6 Å². The number of likely N-dealkylation sites (tertiary alicyclic amines) is 1. The maximum atomic E-state index is 13.0. The Hall–Kier alpha value is -2.41. The molecule has 1 aromatic rings. The second-order valence-corrected chi connectivity index (χ2v) is 9.82. The highest BCUT2D eigenvalue weighted by Gasteiger charge is 2.46. The predicted molar refractivity (Wildman–Crippen MR) is 116 cm³/mol. The molecule has 1 fully saturated rings. The first kappa shape index (κ1) is 24.9. The lowest BCUT2D eigenvalue weighted by atomic mass is 9.79. The maximum Gasteiger partial charge on any atom is 0.410 e. The third kappa shape index (κ3) is 7.06. The maximum absolute atomic E-state index is 13.0. The molecule has 2 amide bonds. The summed E-state index contributed by atoms with van der Waals surface area (Å²) in [5.74, 6) is 5.58. The molecule has 1 heterocycles. The van der Waals surface area contributed by atoms with Gasteiger partial charge in [0.05, 0.1) is 5.41 Å². The molecule has 1 unspecified atom stereocenters. The van der Waals surface area contributed by atoms with Crippen LogP contribution in [0.2, 0.25) is 0 Å². The number of nitrogens with one attached hydrogen (secondary N) is 1. The van der Waals surface area contributed by atoms with E-state index in [1.807, 2.05) is 0 Å². The number of hydrogen-bond donors (Lipinski definition) is 2. The van der Waals surface area contributed by atoms with Crippen molar-refractivity contribution < 1.29 is 28.8 Å². The molecule has 0 bridgehead atoms. The normalized spacial score (nSPS) is 16.5. The summed E-state index contributed by atoms with van der Waals surface area (Å²) in [6, 6.07) is 6.78. The number of rotatable bonds is 6. The second-order valence-electron chi connectivity index (χ2n) is 8.37. The van der Waals surface area contributed by atoms with E-state index in [1.165, 1.54) is 4.90 Å². The fourth-order valence-corrected chi connectivity index (χ4v) is 4.74. The molecule has 170 valence electrons. The van der Waals surface area contributed by atoms with Crippen molar-refractivity contribution in [3.05, 3.63) is 24.3 Å². The third-order valence-corrected chi connectivity index (χ3v) is 6.55. The highest BCUT2D eigenvalue weighted by Crippen LogP contribution is 2.36. The van der Waals surface area contributed by atoms with Gasteiger partial charge in [-0.05, 0) is 76.0 Å². The van der Waals surface area contributed by atoms with Crippen molar-refractivity contribution in [1.29, 1.82) is 0 Å². The van der Waals surface area contributed by atoms with Gasteiger partial charge in [0.1, 0.15) is 23.7 Å². The number of ether oxygens (including phenoxy) is 2. The molecule has 0 saturated carbocycles. The average Bonchev–Trinajstić information content (AvgIpc) is 2.73. The highest BCUT2D eigenvalue weighted by molar-refractivity contribution is 7.91. The van der Waals surface area contributed by atoms with Gasteiger partial charge in [-0.3, -0.25) is 10.0 Å². The van der Waals surface area contributed by atoms with Crippen LogP contribution in [-0.2, 0) is 20.7 Å². The Morgan fingerprint density at radius 1 is 1.26 bits per heavy atom. The van der Waals surface area contributed by atoms with Gasteiger partial charge in [-0.2, -0.15) is 0 Å². The molecule has 31 heavy (non-hydrogen) atoms. The van der Waals surface area contributed by atoms with Gasteiger partial charge in [0.2, 0.25) is 0 Å². The average molecular weight is 451 g/mol. The van der Waals surface area contributed by atoms with Crippen LogP contribution in [0.3, 0.4) is 0 Å². The van der Waals surface area contributed by atoms with Gasteiger partial charge in [0.15, 0.2) is 4.90 Å². The Morgan fingerprint density at radius 3 is 2.39 bits per heavy atom. The predicted octanol–water partition coefficient (Wildman–Crippen LogP) is 2.72. The van der Waals surface area contributed by atoms with E-state index < -0.39 is 34.2 Å². The quantitative estimate of drug-likeness (QED) is 0.298. The summed E-state index contributed by atoms with van der Waals surface area (Å²) in [6.07, 6.45) is 0.0812. The molecular formula is C22H30N2O6S. The van der Waals surface area contributed by atoms with Crippen LogP contribution in [0, 0.1) is 17.3 Å². The number of nitrogens with zero attached hydrogens (tertiary/aromatic N) is 1. The van der Waals surface area contributed by atoms with Crippen LogP contribution in [0.1, 0.15) is 40.5 Å². The van der Waals surface area contributed by atoms with Crippen molar-refractivity contribution >= 4 is 23.2 Å². The molecule has 2 N–H and O–H groups in total. The topological polar surface area (TPSA) is 111 Å². The van der Waals surface area contributed by atoms with Gasteiger partial charge in [0, 0.05) is 13.1 Å². The van der Waals surface area contributed by atoms with Crippen LogP contribution in [0.15, 0.2) is 29.2 Å². The zero-order valence-electron chi connectivity index (χ0n) is 18.4. The zero-order valence-corrected chi connectivity index (χ0v) is 19.2. The van der Waals surface area contributed by atoms with Crippen molar-refractivity contribution in [1.82, 2.24) is 10.4 Å². The summed E-state index contributed by atoms with van der Waals surface area (Å²) in [5.41, 5.74) is 0.0434. The second kappa shape index (κ2) is 10.8. The SMILES string of the molecule is CC#CCOc1ccc([S+]([O-])CC2(C(=O)NO)CCN(C(=O)OC(C)(C)C)CC2)cc1. The van der Waals surface area contributed by atoms with Crippen LogP contribution in [0.4, 0.5) is 4.79 Å². The van der Waals surface area contributed by atoms with Gasteiger partial charge in [-0.25, -0.2) is 10.3 Å². The minimum absolute atomic E-state index is 0.0308. The largest absolute Gasteiger partial charge is 0.611 e. The van der Waals surface area contributed by atoms with Crippen LogP contribution >= 0.6 is 0 Å². The van der Waals surface area contributed by atoms with Crippen LogP contribution in [0.25, 0.3) is 0 Å². The fraction of sp³-hybridized carbons (Fsp3) is 0.545. The standard InChI is InChI=1S/C22H30N2O6S/c1-5-6-15-29-17-7-9-18(10-8-17)31(28)16-22(19(25)23-27)11-13-24(14-12-22)20(26)30-21(2,3)4/h7-10,27H,11-16H2,1-4H3,(H,23,25). The number of hydroxylamine groups is 1. The zero-order chi connectivity index (χ0) is 23.1. The summed E-state index contributed by atoms with van der Waals surface area (Å²) < 4.78 is 23.8. The summed E-state index contributed by atoms with van der Waals surface area (Å²) in [6.45, 7) is 7.90. The third-order valence-electron chi connectivity index (χ3n) is 4.94. The van der Waals surface area contributed by atoms with Crippen molar-refractivity contribution in [3.8, 4) is 17.6 Å². The summed E-state index contributed by atoms with van der Waals surface area (Å²) in [4.78, 5) is 26.9. The molecular weight excluding hydrogens is 420 g/mol. The lowest BCUT2D eigenvalue weighted by Crippen LogP contribution is -2.53. The minimum Gasteiger partial charge on any atom is -0.611 e. The van der Waals surface area contributed by atoms with E-state index in [0.717, 1.165) is 0 Å². The van der Waals surface area contributed by atoms with Gasteiger partial charge >= 0.3 is 6.09 Å². The van der Waals surface area contributed by atoms with Crippen LogP contribution in [-0.4, -0.2) is 57.7 Å².